The van der Waals surface area contributed by atoms with Crippen LogP contribution in [0.25, 0.3) is 116 Å². The van der Waals surface area contributed by atoms with E-state index in [4.69, 9.17) is 0 Å². The second-order valence-corrected chi connectivity index (χ2v) is 23.3. The van der Waals surface area contributed by atoms with Crippen molar-refractivity contribution < 1.29 is 0 Å². The molecule has 15 aromatic rings. The summed E-state index contributed by atoms with van der Waals surface area (Å²) in [5.41, 5.74) is 38.4. The predicted octanol–water partition coefficient (Wildman–Crippen LogP) is 31.1. The van der Waals surface area contributed by atoms with Gasteiger partial charge in [-0.3, -0.25) is 0 Å². The number of aromatic nitrogens is 3. The maximum absolute atomic E-state index is 2.50. The largest absolute Gasteiger partial charge is 0.309 e. The Morgan fingerprint density at radius 2 is 0.495 bits per heavy atom. The minimum absolute atomic E-state index is 1.01. The van der Waals surface area contributed by atoms with Gasteiger partial charge in [-0.25, -0.2) is 0 Å². The van der Waals surface area contributed by atoms with Gasteiger partial charge >= 0.3 is 0 Å². The molecule has 0 atom stereocenters. The number of para-hydroxylation sites is 6. The van der Waals surface area contributed by atoms with Crippen LogP contribution in [0.3, 0.4) is 0 Å². The minimum atomic E-state index is 1.01. The van der Waals surface area contributed by atoms with Gasteiger partial charge in [0, 0.05) is 68.6 Å². The average molecular weight is 1390 g/mol. The molecule has 3 aliphatic heterocycles. The lowest BCUT2D eigenvalue weighted by Gasteiger charge is -2.23. The Morgan fingerprint density at radius 3 is 0.971 bits per heavy atom. The van der Waals surface area contributed by atoms with Crippen LogP contribution < -0.4 is 0 Å². The van der Waals surface area contributed by atoms with E-state index in [1.807, 2.05) is 166 Å². The van der Waals surface area contributed by atoms with E-state index in [2.05, 4.69) is 250 Å². The molecule has 12 aromatic carbocycles. The van der Waals surface area contributed by atoms with Gasteiger partial charge in [0.1, 0.15) is 0 Å². The molecule has 6 aliphatic rings. The van der Waals surface area contributed by atoms with Gasteiger partial charge in [-0.15, -0.1) is 0 Å². The molecule has 6 heterocycles. The molecule has 546 valence electrons. The summed E-state index contributed by atoms with van der Waals surface area (Å²) in [5.74, 6) is 0. The zero-order valence-electron chi connectivity index (χ0n) is 68.6. The van der Waals surface area contributed by atoms with Crippen LogP contribution in [-0.4, -0.2) is 13.7 Å². The van der Waals surface area contributed by atoms with Crippen molar-refractivity contribution in [1.82, 2.24) is 13.7 Å². The second-order valence-electron chi connectivity index (χ2n) is 23.3. The third-order valence-corrected chi connectivity index (χ3v) is 19.2. The van der Waals surface area contributed by atoms with Crippen LogP contribution in [0.5, 0.6) is 0 Å². The summed E-state index contributed by atoms with van der Waals surface area (Å²) in [7, 11) is 0. The highest BCUT2D eigenvalue weighted by atomic mass is 15.0. The molecule has 21 rings (SSSR count). The van der Waals surface area contributed by atoms with Crippen molar-refractivity contribution in [3.05, 3.63) is 303 Å². The van der Waals surface area contributed by atoms with E-state index in [0.29, 0.717) is 0 Å². The number of nitrogens with zero attached hydrogens (tertiary/aromatic N) is 3. The highest BCUT2D eigenvalue weighted by Gasteiger charge is 2.33. The third-order valence-electron chi connectivity index (χ3n) is 19.2. The van der Waals surface area contributed by atoms with Gasteiger partial charge in [-0.2, -0.15) is 0 Å². The Morgan fingerprint density at radius 1 is 0.190 bits per heavy atom. The lowest BCUT2D eigenvalue weighted by Crippen LogP contribution is -2.09. The van der Waals surface area contributed by atoms with Crippen LogP contribution in [-0.2, 0) is 38.5 Å². The quantitative estimate of drug-likeness (QED) is 0.144. The van der Waals surface area contributed by atoms with Crippen molar-refractivity contribution in [2.45, 2.75) is 205 Å². The highest BCUT2D eigenvalue weighted by Crippen LogP contribution is 2.52. The van der Waals surface area contributed by atoms with Gasteiger partial charge in [0.2, 0.25) is 0 Å². The zero-order chi connectivity index (χ0) is 76.6. The van der Waals surface area contributed by atoms with Gasteiger partial charge < -0.3 is 13.7 Å². The predicted molar refractivity (Wildman–Crippen MR) is 472 cm³/mol. The van der Waals surface area contributed by atoms with Gasteiger partial charge in [0.25, 0.3) is 0 Å². The Labute approximate surface area is 633 Å². The maximum Gasteiger partial charge on any atom is 0.0583 e. The molecule has 0 fully saturated rings. The second kappa shape index (κ2) is 39.8. The van der Waals surface area contributed by atoms with Crippen LogP contribution in [0.1, 0.15) is 233 Å². The monoisotopic (exact) mass is 1390 g/mol. The molecule has 0 bridgehead atoms. The first kappa shape index (κ1) is 82.3. The van der Waals surface area contributed by atoms with Crippen molar-refractivity contribution >= 4 is 65.4 Å². The van der Waals surface area contributed by atoms with E-state index in [9.17, 15) is 0 Å². The summed E-state index contributed by atoms with van der Waals surface area (Å²) < 4.78 is 7.50. The van der Waals surface area contributed by atoms with Gasteiger partial charge in [-0.1, -0.05) is 354 Å². The van der Waals surface area contributed by atoms with E-state index in [1.54, 1.807) is 0 Å². The van der Waals surface area contributed by atoms with E-state index >= 15 is 0 Å². The highest BCUT2D eigenvalue weighted by molar-refractivity contribution is 6.20. The Bertz CT molecular complexity index is 5290. The number of benzene rings is 12. The molecule has 3 aliphatic carbocycles. The SMILES string of the molecule is CC.CC.CC.CC.CC.CC.CC.CC.CC.CC.CC.CC.c1ccc2c(c1)Cc1c-2cc2c3c1c1ccccc1n3-c1ccccc1C2.c1ccc2c(c1)Cc1cc3c4c(c1-2)c1ccccc1n4-c1ccccc1C3.c1ccc2c(c1)Cc1cc3c4ccccc4n4c3c(c1-2)Cc1ccccc1-4. The molecule has 105 heavy (non-hydrogen) atoms. The molecule has 0 N–H and O–H groups in total. The van der Waals surface area contributed by atoms with Crippen molar-refractivity contribution in [3.8, 4) is 50.4 Å². The van der Waals surface area contributed by atoms with Crippen LogP contribution >= 0.6 is 0 Å². The molecule has 3 aromatic heterocycles. The molecule has 0 radical (unpaired) electrons. The van der Waals surface area contributed by atoms with Gasteiger partial charge in [-0.05, 0) is 168 Å². The van der Waals surface area contributed by atoms with Crippen molar-refractivity contribution in [2.24, 2.45) is 0 Å². The van der Waals surface area contributed by atoms with Crippen LogP contribution in [0.2, 0.25) is 0 Å². The summed E-state index contributed by atoms with van der Waals surface area (Å²) in [6.07, 6.45) is 6.19. The first-order valence-corrected chi connectivity index (χ1v) is 40.9. The molecule has 3 nitrogen and oxygen atoms in total. The molecular formula is C102H123N3. The first-order valence-electron chi connectivity index (χ1n) is 40.9. The fourth-order valence-electron chi connectivity index (χ4n) is 16.0. The molecule has 3 heteroatoms. The van der Waals surface area contributed by atoms with E-state index in [-0.39, 0.29) is 0 Å². The standard InChI is InChI=1S/3C26H17N.12C2H6/c1-3-9-19-16(7-1)14-22-21(19)15-18-13-17-8-2-5-11-23(17)27-24-12-6-4-10-20(24)25(22)26(18)27;1-3-9-20-16(7-1)13-18-15-19-14-17-8-2-5-11-22(17)27-23-12-6-4-10-21(23)25(24(18)20)26(19)27;1-3-9-19-16(7-1)13-18-15-21-20-10-4-6-12-24(20)27-23-11-5-2-8-17(23)14-22(25(18)19)26(21)27;12*1-2/h3*1-12,15H,13-14H2;12*1-2H3. The summed E-state index contributed by atoms with van der Waals surface area (Å²) in [6.45, 7) is 48.0. The fraction of sp³-hybridized carbons (Fsp3) is 0.294. The number of rotatable bonds is 0. The number of hydrogen-bond donors (Lipinski definition) is 0. The lowest BCUT2D eigenvalue weighted by molar-refractivity contribution is 1.04. The van der Waals surface area contributed by atoms with Crippen molar-refractivity contribution in [1.29, 1.82) is 0 Å². The normalized spacial score (nSPS) is 11.2. The first-order chi connectivity index (χ1) is 52.2. The summed E-state index contributed by atoms with van der Waals surface area (Å²) in [4.78, 5) is 0. The average Bonchev–Trinajstić information content (AvgIpc) is 1.57. The Balaban J connectivity index is 0.000000192. The number of hydrogen-bond acceptors (Lipinski definition) is 0. The van der Waals surface area contributed by atoms with Crippen LogP contribution in [0, 0.1) is 0 Å². The number of fused-ring (bicyclic) bond motifs is 27. The fourth-order valence-corrected chi connectivity index (χ4v) is 16.0. The summed E-state index contributed by atoms with van der Waals surface area (Å²) >= 11 is 0. The maximum atomic E-state index is 2.50. The van der Waals surface area contributed by atoms with E-state index < -0.39 is 0 Å². The Hall–Kier alpha value is -9.96. The molecule has 0 saturated heterocycles. The summed E-state index contributed by atoms with van der Waals surface area (Å²) in [6, 6.07) is 87.5. The van der Waals surface area contributed by atoms with Crippen LogP contribution in [0.15, 0.2) is 237 Å². The van der Waals surface area contributed by atoms with Crippen LogP contribution in [0.4, 0.5) is 0 Å². The van der Waals surface area contributed by atoms with Crippen molar-refractivity contribution in [3.63, 3.8) is 0 Å². The topological polar surface area (TPSA) is 14.8 Å². The molecule has 0 amide bonds. The van der Waals surface area contributed by atoms with Gasteiger partial charge in [0.15, 0.2) is 0 Å². The zero-order valence-corrected chi connectivity index (χ0v) is 68.6. The molecular weight excluding hydrogens is 1270 g/mol. The van der Waals surface area contributed by atoms with E-state index in [0.717, 1.165) is 38.5 Å². The van der Waals surface area contributed by atoms with Crippen molar-refractivity contribution in [2.75, 3.05) is 0 Å². The molecule has 0 saturated carbocycles. The smallest absolute Gasteiger partial charge is 0.0583 e. The van der Waals surface area contributed by atoms with Gasteiger partial charge in [0.05, 0.1) is 33.1 Å². The van der Waals surface area contributed by atoms with E-state index in [1.165, 1.54) is 183 Å². The molecule has 0 spiro atoms. The summed E-state index contributed by atoms with van der Waals surface area (Å²) in [5, 5.41) is 8.43. The minimum Gasteiger partial charge on any atom is -0.309 e. The lowest BCUT2D eigenvalue weighted by atomic mass is 9.89. The third kappa shape index (κ3) is 14.7. The molecule has 0 unspecified atom stereocenters. The Kier molecular flexibility index (Phi) is 31.2.